The number of aryl methyl sites for hydroxylation is 1. The Hall–Kier alpha value is -2.10. The van der Waals surface area contributed by atoms with Crippen molar-refractivity contribution in [1.82, 2.24) is 4.90 Å². The van der Waals surface area contributed by atoms with E-state index in [-0.39, 0.29) is 5.91 Å². The van der Waals surface area contributed by atoms with E-state index >= 15 is 0 Å². The smallest absolute Gasteiger partial charge is 0.328 e. The summed E-state index contributed by atoms with van der Waals surface area (Å²) in [6.45, 7) is 4.70. The number of hydrogen-bond acceptors (Lipinski definition) is 2. The molecular formula is C16H21NO3. The normalized spacial score (nSPS) is 10.8. The summed E-state index contributed by atoms with van der Waals surface area (Å²) in [5.74, 6) is -0.987. The number of carbonyl (C=O) groups excluding carboxylic acids is 1. The molecule has 0 atom stereocenters. The minimum atomic E-state index is -0.983. The van der Waals surface area contributed by atoms with Gasteiger partial charge in [0.05, 0.1) is 0 Å². The van der Waals surface area contributed by atoms with Crippen LogP contribution in [0.15, 0.2) is 24.3 Å². The number of rotatable bonds is 6. The molecule has 0 aliphatic carbocycles. The topological polar surface area (TPSA) is 57.6 Å². The third kappa shape index (κ3) is 4.53. The van der Waals surface area contributed by atoms with E-state index in [1.54, 1.807) is 30.1 Å². The molecule has 20 heavy (non-hydrogen) atoms. The Bertz CT molecular complexity index is 520. The maximum absolute atomic E-state index is 12.2. The first-order valence-corrected chi connectivity index (χ1v) is 6.72. The monoisotopic (exact) mass is 275 g/mol. The van der Waals surface area contributed by atoms with Crippen molar-refractivity contribution >= 4 is 18.0 Å². The maximum atomic E-state index is 12.2. The summed E-state index contributed by atoms with van der Waals surface area (Å²) in [7, 11) is 1.80. The molecule has 0 saturated heterocycles. The molecule has 1 aromatic carbocycles. The van der Waals surface area contributed by atoms with Crippen LogP contribution in [0.25, 0.3) is 6.08 Å². The summed E-state index contributed by atoms with van der Waals surface area (Å²) in [4.78, 5) is 24.4. The minimum absolute atomic E-state index is 0.00434. The molecule has 1 amide bonds. The minimum Gasteiger partial charge on any atom is -0.478 e. The van der Waals surface area contributed by atoms with Gasteiger partial charge in [-0.1, -0.05) is 19.4 Å². The second-order valence-electron chi connectivity index (χ2n) is 4.82. The highest BCUT2D eigenvalue weighted by Crippen LogP contribution is 2.14. The van der Waals surface area contributed by atoms with E-state index < -0.39 is 5.97 Å². The van der Waals surface area contributed by atoms with Crippen LogP contribution in [-0.2, 0) is 4.79 Å². The van der Waals surface area contributed by atoms with Gasteiger partial charge < -0.3 is 10.0 Å². The zero-order valence-corrected chi connectivity index (χ0v) is 12.2. The third-order valence-electron chi connectivity index (χ3n) is 3.12. The first-order chi connectivity index (χ1) is 9.45. The highest BCUT2D eigenvalue weighted by molar-refractivity contribution is 5.94. The lowest BCUT2D eigenvalue weighted by atomic mass is 10.0. The second kappa shape index (κ2) is 7.48. The molecule has 0 unspecified atom stereocenters. The lowest BCUT2D eigenvalue weighted by molar-refractivity contribution is -0.131. The average molecular weight is 275 g/mol. The van der Waals surface area contributed by atoms with Gasteiger partial charge in [-0.2, -0.15) is 0 Å². The predicted molar refractivity (Wildman–Crippen MR) is 79.7 cm³/mol. The number of unbranched alkanes of at least 4 members (excludes halogenated alkanes) is 1. The number of hydrogen-bond donors (Lipinski definition) is 1. The van der Waals surface area contributed by atoms with E-state index in [4.69, 9.17) is 5.11 Å². The third-order valence-corrected chi connectivity index (χ3v) is 3.12. The van der Waals surface area contributed by atoms with Crippen LogP contribution in [0, 0.1) is 6.92 Å². The van der Waals surface area contributed by atoms with Gasteiger partial charge in [-0.3, -0.25) is 4.79 Å². The highest BCUT2D eigenvalue weighted by atomic mass is 16.4. The number of carbonyl (C=O) groups is 2. The second-order valence-corrected chi connectivity index (χ2v) is 4.82. The molecule has 0 heterocycles. The lowest BCUT2D eigenvalue weighted by Gasteiger charge is -2.17. The van der Waals surface area contributed by atoms with E-state index in [1.165, 1.54) is 6.08 Å². The molecule has 0 aliphatic rings. The Morgan fingerprint density at radius 2 is 2.05 bits per heavy atom. The fraction of sp³-hybridized carbons (Fsp3) is 0.375. The molecule has 0 aliphatic heterocycles. The van der Waals surface area contributed by atoms with E-state index in [9.17, 15) is 9.59 Å². The van der Waals surface area contributed by atoms with Gasteiger partial charge >= 0.3 is 5.97 Å². The average Bonchev–Trinajstić information content (AvgIpc) is 2.42. The first kappa shape index (κ1) is 16.0. The molecule has 1 aromatic rings. The molecule has 0 fully saturated rings. The molecule has 0 aromatic heterocycles. The molecule has 108 valence electrons. The fourth-order valence-electron chi connectivity index (χ4n) is 1.87. The molecule has 1 N–H and O–H groups in total. The summed E-state index contributed by atoms with van der Waals surface area (Å²) in [5, 5.41) is 8.62. The number of amides is 1. The van der Waals surface area contributed by atoms with Crippen molar-refractivity contribution in [2.45, 2.75) is 26.7 Å². The van der Waals surface area contributed by atoms with Crippen LogP contribution in [0.4, 0.5) is 0 Å². The van der Waals surface area contributed by atoms with Crippen LogP contribution in [0.2, 0.25) is 0 Å². The maximum Gasteiger partial charge on any atom is 0.328 e. The van der Waals surface area contributed by atoms with Crippen LogP contribution in [-0.4, -0.2) is 35.5 Å². The number of aliphatic carboxylic acids is 1. The lowest BCUT2D eigenvalue weighted by Crippen LogP contribution is -2.27. The SMILES string of the molecule is CCCCN(C)C(=O)c1ccc(/C=C/C(=O)O)c(C)c1. The Morgan fingerprint density at radius 3 is 2.60 bits per heavy atom. The predicted octanol–water partition coefficient (Wildman–Crippen LogP) is 2.96. The molecule has 0 bridgehead atoms. The summed E-state index contributed by atoms with van der Waals surface area (Å²) < 4.78 is 0. The molecule has 0 saturated carbocycles. The zero-order chi connectivity index (χ0) is 15.1. The fourth-order valence-corrected chi connectivity index (χ4v) is 1.87. The van der Waals surface area contributed by atoms with E-state index in [0.717, 1.165) is 36.6 Å². The van der Waals surface area contributed by atoms with Gasteiger partial charge in [0.15, 0.2) is 0 Å². The quantitative estimate of drug-likeness (QED) is 0.812. The van der Waals surface area contributed by atoms with E-state index in [0.29, 0.717) is 5.56 Å². The van der Waals surface area contributed by atoms with Crippen molar-refractivity contribution in [3.63, 3.8) is 0 Å². The van der Waals surface area contributed by atoms with Gasteiger partial charge in [0.25, 0.3) is 5.91 Å². The molecule has 0 spiro atoms. The van der Waals surface area contributed by atoms with Crippen molar-refractivity contribution < 1.29 is 14.7 Å². The summed E-state index contributed by atoms with van der Waals surface area (Å²) in [5.41, 5.74) is 2.32. The molecule has 4 heteroatoms. The van der Waals surface area contributed by atoms with Gasteiger partial charge in [-0.25, -0.2) is 4.79 Å². The largest absolute Gasteiger partial charge is 0.478 e. The number of nitrogens with zero attached hydrogens (tertiary/aromatic N) is 1. The summed E-state index contributed by atoms with van der Waals surface area (Å²) in [6, 6.07) is 5.31. The van der Waals surface area contributed by atoms with Crippen LogP contribution in [0.1, 0.15) is 41.3 Å². The number of carboxylic acids is 1. The molecular weight excluding hydrogens is 254 g/mol. The Labute approximate surface area is 119 Å². The van der Waals surface area contributed by atoms with Crippen LogP contribution in [0.3, 0.4) is 0 Å². The van der Waals surface area contributed by atoms with E-state index in [1.807, 2.05) is 6.92 Å². The zero-order valence-electron chi connectivity index (χ0n) is 12.2. The summed E-state index contributed by atoms with van der Waals surface area (Å²) in [6.07, 6.45) is 4.67. The Balaban J connectivity index is 2.86. The van der Waals surface area contributed by atoms with E-state index in [2.05, 4.69) is 6.92 Å². The Morgan fingerprint density at radius 1 is 1.35 bits per heavy atom. The van der Waals surface area contributed by atoms with Crippen LogP contribution >= 0.6 is 0 Å². The number of benzene rings is 1. The standard InChI is InChI=1S/C16H21NO3/c1-4-5-10-17(3)16(20)14-7-6-13(12(2)11-14)8-9-15(18)19/h6-9,11H,4-5,10H2,1-3H3,(H,18,19)/b9-8+. The molecule has 1 rings (SSSR count). The van der Waals surface area contributed by atoms with Crippen molar-refractivity contribution in [3.05, 3.63) is 41.0 Å². The van der Waals surface area contributed by atoms with Gasteiger partial charge in [-0.05, 0) is 42.7 Å². The molecule has 0 radical (unpaired) electrons. The Kier molecular flexibility index (Phi) is 5.97. The van der Waals surface area contributed by atoms with Gasteiger partial charge in [0.2, 0.25) is 0 Å². The highest BCUT2D eigenvalue weighted by Gasteiger charge is 2.11. The molecule has 4 nitrogen and oxygen atoms in total. The summed E-state index contributed by atoms with van der Waals surface area (Å²) >= 11 is 0. The van der Waals surface area contributed by atoms with Crippen molar-refractivity contribution in [2.24, 2.45) is 0 Å². The van der Waals surface area contributed by atoms with Crippen molar-refractivity contribution in [1.29, 1.82) is 0 Å². The van der Waals surface area contributed by atoms with Crippen molar-refractivity contribution in [3.8, 4) is 0 Å². The van der Waals surface area contributed by atoms with Crippen molar-refractivity contribution in [2.75, 3.05) is 13.6 Å². The van der Waals surface area contributed by atoms with Crippen LogP contribution < -0.4 is 0 Å². The van der Waals surface area contributed by atoms with Crippen LogP contribution in [0.5, 0.6) is 0 Å². The van der Waals surface area contributed by atoms with Gasteiger partial charge in [0.1, 0.15) is 0 Å². The number of carboxylic acid groups (broad SMARTS) is 1. The van der Waals surface area contributed by atoms with Gasteiger partial charge in [0, 0.05) is 25.2 Å². The first-order valence-electron chi connectivity index (χ1n) is 6.72. The van der Waals surface area contributed by atoms with Gasteiger partial charge in [-0.15, -0.1) is 0 Å².